The van der Waals surface area contributed by atoms with Gasteiger partial charge in [0.05, 0.1) is 0 Å². The fourth-order valence-corrected chi connectivity index (χ4v) is 8.55. The van der Waals surface area contributed by atoms with Crippen molar-refractivity contribution in [2.45, 2.75) is 39.3 Å². The molecule has 3 heteroatoms. The molecule has 0 aliphatic heterocycles. The topological polar surface area (TPSA) is 12.5 Å². The summed E-state index contributed by atoms with van der Waals surface area (Å²) in [5.41, 5.74) is 2.50. The van der Waals surface area contributed by atoms with E-state index in [9.17, 15) is 0 Å². The molecule has 0 aliphatic carbocycles. The first-order valence-electron chi connectivity index (χ1n) is 10.3. The molecular formula is C26H33NOSi. The van der Waals surface area contributed by atoms with Gasteiger partial charge in [0.25, 0.3) is 0 Å². The number of aryl methyl sites for hydroxylation is 1. The second kappa shape index (κ2) is 8.56. The predicted octanol–water partition coefficient (Wildman–Crippen LogP) is 5.00. The second-order valence-electron chi connectivity index (χ2n) is 9.11. The Bertz CT molecular complexity index is 890. The molecule has 0 heterocycles. The lowest BCUT2D eigenvalue weighted by molar-refractivity contribution is 0.393. The summed E-state index contributed by atoms with van der Waals surface area (Å²) in [5.74, 6) is 0.999. The van der Waals surface area contributed by atoms with Crippen LogP contribution in [0.2, 0.25) is 5.04 Å². The lowest BCUT2D eigenvalue weighted by Gasteiger charge is -2.43. The minimum atomic E-state index is -2.61. The molecule has 2 nitrogen and oxygen atoms in total. The van der Waals surface area contributed by atoms with Crippen LogP contribution in [0, 0.1) is 6.92 Å². The van der Waals surface area contributed by atoms with Gasteiger partial charge >= 0.3 is 8.32 Å². The van der Waals surface area contributed by atoms with Gasteiger partial charge in [0.15, 0.2) is 0 Å². The third kappa shape index (κ3) is 4.47. The molecule has 0 saturated heterocycles. The average Bonchev–Trinajstić information content (AvgIpc) is 2.67. The number of hydrogen-bond acceptors (Lipinski definition) is 2. The van der Waals surface area contributed by atoms with E-state index in [1.807, 2.05) is 0 Å². The highest BCUT2D eigenvalue weighted by atomic mass is 28.4. The molecule has 3 rings (SSSR count). The number of hydrogen-bond donors (Lipinski definition) is 0. The summed E-state index contributed by atoms with van der Waals surface area (Å²) in [6.45, 7) is 9.96. The molecule has 0 aromatic heterocycles. The first-order valence-corrected chi connectivity index (χ1v) is 12.2. The van der Waals surface area contributed by atoms with Crippen LogP contribution in [0.15, 0.2) is 78.9 Å². The van der Waals surface area contributed by atoms with Gasteiger partial charge in [0, 0.05) is 12.1 Å². The molecule has 0 unspecified atom stereocenters. The number of rotatable bonds is 6. The van der Waals surface area contributed by atoms with Gasteiger partial charge in [-0.3, -0.25) is 0 Å². The molecule has 0 aliphatic rings. The summed E-state index contributed by atoms with van der Waals surface area (Å²) in [4.78, 5) is 2.20. The van der Waals surface area contributed by atoms with Crippen LogP contribution >= 0.6 is 0 Å². The maximum absolute atomic E-state index is 7.24. The second-order valence-corrected chi connectivity index (χ2v) is 13.3. The minimum absolute atomic E-state index is 0.0457. The minimum Gasteiger partial charge on any atom is -0.534 e. The van der Waals surface area contributed by atoms with Crippen LogP contribution < -0.4 is 14.8 Å². The number of nitrogens with zero attached hydrogens (tertiary/aromatic N) is 1. The van der Waals surface area contributed by atoms with Crippen LogP contribution in [0.25, 0.3) is 0 Å². The van der Waals surface area contributed by atoms with Crippen LogP contribution in [0.5, 0.6) is 5.75 Å². The molecule has 0 spiro atoms. The SMILES string of the molecule is Cc1ccc(O[Si](c2ccccc2)(c2ccccc2)C(C)(C)C)c(CN(C)C)c1. The van der Waals surface area contributed by atoms with Gasteiger partial charge in [0.1, 0.15) is 5.75 Å². The van der Waals surface area contributed by atoms with Crippen LogP contribution in [-0.2, 0) is 6.54 Å². The Morgan fingerprint density at radius 2 is 1.31 bits per heavy atom. The summed E-state index contributed by atoms with van der Waals surface area (Å²) in [6, 6.07) is 28.2. The highest BCUT2D eigenvalue weighted by Gasteiger charge is 2.52. The first kappa shape index (κ1) is 21.3. The lowest BCUT2D eigenvalue weighted by Crippen LogP contribution is -2.68. The summed E-state index contributed by atoms with van der Waals surface area (Å²) in [6.07, 6.45) is 0. The normalized spacial score (nSPS) is 12.2. The zero-order valence-corrected chi connectivity index (χ0v) is 19.6. The summed E-state index contributed by atoms with van der Waals surface area (Å²) < 4.78 is 7.24. The van der Waals surface area contributed by atoms with E-state index >= 15 is 0 Å². The molecule has 0 N–H and O–H groups in total. The third-order valence-electron chi connectivity index (χ3n) is 5.38. The Labute approximate surface area is 177 Å². The van der Waals surface area contributed by atoms with E-state index in [0.717, 1.165) is 12.3 Å². The van der Waals surface area contributed by atoms with Crippen molar-refractivity contribution >= 4 is 18.7 Å². The summed E-state index contributed by atoms with van der Waals surface area (Å²) >= 11 is 0. The van der Waals surface area contributed by atoms with E-state index in [1.165, 1.54) is 21.5 Å². The van der Waals surface area contributed by atoms with Crippen LogP contribution in [0.3, 0.4) is 0 Å². The zero-order valence-electron chi connectivity index (χ0n) is 18.6. The predicted molar refractivity (Wildman–Crippen MR) is 127 cm³/mol. The fraction of sp³-hybridized carbons (Fsp3) is 0.308. The van der Waals surface area contributed by atoms with E-state index in [2.05, 4.69) is 126 Å². The Hall–Kier alpha value is -2.36. The van der Waals surface area contributed by atoms with Crippen molar-refractivity contribution in [3.8, 4) is 5.75 Å². The Morgan fingerprint density at radius 1 is 0.793 bits per heavy atom. The molecule has 29 heavy (non-hydrogen) atoms. The molecular weight excluding hydrogens is 370 g/mol. The van der Waals surface area contributed by atoms with Crippen molar-refractivity contribution in [3.05, 3.63) is 90.0 Å². The molecule has 0 amide bonds. The van der Waals surface area contributed by atoms with Gasteiger partial charge in [-0.05, 0) is 42.5 Å². The molecule has 3 aromatic carbocycles. The smallest absolute Gasteiger partial charge is 0.319 e. The van der Waals surface area contributed by atoms with Crippen molar-refractivity contribution in [3.63, 3.8) is 0 Å². The van der Waals surface area contributed by atoms with Crippen molar-refractivity contribution in [2.75, 3.05) is 14.1 Å². The average molecular weight is 404 g/mol. The zero-order chi connectivity index (χ0) is 21.1. The van der Waals surface area contributed by atoms with Gasteiger partial charge in [-0.2, -0.15) is 0 Å². The standard InChI is InChI=1S/C26H33NOSi/c1-21-17-18-25(22(19-21)20-27(5)6)28-29(26(2,3)4,23-13-9-7-10-14-23)24-15-11-8-12-16-24/h7-19H,20H2,1-6H3. The van der Waals surface area contributed by atoms with E-state index in [-0.39, 0.29) is 5.04 Å². The van der Waals surface area contributed by atoms with Gasteiger partial charge < -0.3 is 9.33 Å². The van der Waals surface area contributed by atoms with Crippen LogP contribution in [0.4, 0.5) is 0 Å². The van der Waals surface area contributed by atoms with Gasteiger partial charge in [0.2, 0.25) is 0 Å². The summed E-state index contributed by atoms with van der Waals surface area (Å²) in [5, 5.41) is 2.56. The van der Waals surface area contributed by atoms with Crippen molar-refractivity contribution in [1.29, 1.82) is 0 Å². The first-order chi connectivity index (χ1) is 13.7. The molecule has 152 valence electrons. The monoisotopic (exact) mass is 403 g/mol. The van der Waals surface area contributed by atoms with Gasteiger partial charge in [-0.15, -0.1) is 0 Å². The maximum Gasteiger partial charge on any atom is 0.319 e. The van der Waals surface area contributed by atoms with Crippen molar-refractivity contribution < 1.29 is 4.43 Å². The van der Waals surface area contributed by atoms with Crippen molar-refractivity contribution in [1.82, 2.24) is 4.90 Å². The summed E-state index contributed by atoms with van der Waals surface area (Å²) in [7, 11) is 1.60. The molecule has 0 bridgehead atoms. The highest BCUT2D eigenvalue weighted by molar-refractivity contribution is 7.00. The molecule has 0 saturated carbocycles. The van der Waals surface area contributed by atoms with E-state index < -0.39 is 8.32 Å². The van der Waals surface area contributed by atoms with E-state index in [1.54, 1.807) is 0 Å². The van der Waals surface area contributed by atoms with E-state index in [0.29, 0.717) is 0 Å². The fourth-order valence-electron chi connectivity index (χ4n) is 4.09. The van der Waals surface area contributed by atoms with E-state index in [4.69, 9.17) is 4.43 Å². The van der Waals surface area contributed by atoms with Crippen molar-refractivity contribution in [2.24, 2.45) is 0 Å². The molecule has 0 atom stereocenters. The molecule has 0 fully saturated rings. The van der Waals surface area contributed by atoms with Gasteiger partial charge in [-0.25, -0.2) is 0 Å². The Kier molecular flexibility index (Phi) is 6.30. The Morgan fingerprint density at radius 3 is 1.76 bits per heavy atom. The molecule has 3 aromatic rings. The van der Waals surface area contributed by atoms with Gasteiger partial charge in [-0.1, -0.05) is 99.1 Å². The number of benzene rings is 3. The largest absolute Gasteiger partial charge is 0.534 e. The highest BCUT2D eigenvalue weighted by Crippen LogP contribution is 2.38. The van der Waals surface area contributed by atoms with Crippen LogP contribution in [0.1, 0.15) is 31.9 Å². The maximum atomic E-state index is 7.24. The third-order valence-corrected chi connectivity index (χ3v) is 10.3. The van der Waals surface area contributed by atoms with Crippen LogP contribution in [-0.4, -0.2) is 27.3 Å². The molecule has 0 radical (unpaired) electrons. The quantitative estimate of drug-likeness (QED) is 0.537. The lowest BCUT2D eigenvalue weighted by atomic mass is 10.1. The Balaban J connectivity index is 2.25.